The van der Waals surface area contributed by atoms with Crippen LogP contribution >= 0.6 is 0 Å². The molecule has 0 saturated carbocycles. The van der Waals surface area contributed by atoms with Gasteiger partial charge in [-0.15, -0.1) is 0 Å². The van der Waals surface area contributed by atoms with Crippen molar-refractivity contribution in [2.75, 3.05) is 5.32 Å². The van der Waals surface area contributed by atoms with Gasteiger partial charge >= 0.3 is 0 Å². The maximum atomic E-state index is 13.1. The highest BCUT2D eigenvalue weighted by Crippen LogP contribution is 2.22. The summed E-state index contributed by atoms with van der Waals surface area (Å²) in [5, 5.41) is 2.97. The summed E-state index contributed by atoms with van der Waals surface area (Å²) in [6.45, 7) is 2.12. The second-order valence-corrected chi connectivity index (χ2v) is 7.66. The molecule has 1 amide bonds. The minimum Gasteiger partial charge on any atom is -0.325 e. The first-order chi connectivity index (χ1) is 15.6. The Balaban J connectivity index is 1.61. The fourth-order valence-electron chi connectivity index (χ4n) is 3.99. The Kier molecular flexibility index (Phi) is 5.03. The van der Waals surface area contributed by atoms with Crippen LogP contribution in [0.1, 0.15) is 12.5 Å². The summed E-state index contributed by atoms with van der Waals surface area (Å²) in [4.78, 5) is 30.8. The molecule has 5 rings (SSSR count). The molecule has 2 heterocycles. The van der Waals surface area contributed by atoms with Gasteiger partial charge < -0.3 is 9.88 Å². The fraction of sp³-hybridized carbons (Fsp3) is 0.115. The zero-order valence-corrected chi connectivity index (χ0v) is 17.7. The lowest BCUT2D eigenvalue weighted by molar-refractivity contribution is -0.116. The molecule has 158 valence electrons. The van der Waals surface area contributed by atoms with Crippen molar-refractivity contribution in [1.82, 2.24) is 14.0 Å². The molecule has 0 bridgehead atoms. The molecule has 0 radical (unpaired) electrons. The van der Waals surface area contributed by atoms with Crippen LogP contribution in [0.2, 0.25) is 0 Å². The van der Waals surface area contributed by atoms with Gasteiger partial charge in [-0.3, -0.25) is 9.59 Å². The largest absolute Gasteiger partial charge is 0.325 e. The van der Waals surface area contributed by atoms with Crippen LogP contribution in [0.4, 0.5) is 5.69 Å². The summed E-state index contributed by atoms with van der Waals surface area (Å²) in [6, 6.07) is 26.5. The number of nitrogens with one attached hydrogen (secondary N) is 1. The van der Waals surface area contributed by atoms with Crippen LogP contribution in [0.5, 0.6) is 0 Å². The van der Waals surface area contributed by atoms with E-state index in [0.717, 1.165) is 34.3 Å². The lowest BCUT2D eigenvalue weighted by Crippen LogP contribution is -2.20. The zero-order chi connectivity index (χ0) is 22.1. The van der Waals surface area contributed by atoms with Crippen LogP contribution in [0, 0.1) is 0 Å². The summed E-state index contributed by atoms with van der Waals surface area (Å²) in [5.41, 5.74) is 4.66. The van der Waals surface area contributed by atoms with E-state index in [1.54, 1.807) is 8.97 Å². The van der Waals surface area contributed by atoms with E-state index in [1.165, 1.54) is 6.07 Å². The molecule has 0 spiro atoms. The van der Waals surface area contributed by atoms with Gasteiger partial charge in [0.15, 0.2) is 0 Å². The number of fused-ring (bicyclic) bond motifs is 3. The molecular formula is C26H22N4O2. The monoisotopic (exact) mass is 422 g/mol. The van der Waals surface area contributed by atoms with Crippen molar-refractivity contribution in [2.45, 2.75) is 19.9 Å². The average Bonchev–Trinajstić information content (AvgIpc) is 3.13. The Hall–Kier alpha value is -4.19. The summed E-state index contributed by atoms with van der Waals surface area (Å²) in [6.07, 6.45) is 0.895. The van der Waals surface area contributed by atoms with Gasteiger partial charge in [-0.1, -0.05) is 61.5 Å². The van der Waals surface area contributed by atoms with Gasteiger partial charge in [-0.05, 0) is 36.2 Å². The maximum Gasteiger partial charge on any atom is 0.260 e. The van der Waals surface area contributed by atoms with Gasteiger partial charge in [0.1, 0.15) is 6.54 Å². The highest BCUT2D eigenvalue weighted by Gasteiger charge is 2.17. The summed E-state index contributed by atoms with van der Waals surface area (Å²) in [5.74, 6) is 0.260. The van der Waals surface area contributed by atoms with E-state index < -0.39 is 0 Å². The second kappa shape index (κ2) is 8.15. The molecule has 0 unspecified atom stereocenters. The van der Waals surface area contributed by atoms with Crippen LogP contribution in [-0.4, -0.2) is 19.9 Å². The van der Waals surface area contributed by atoms with Gasteiger partial charge in [0.25, 0.3) is 5.56 Å². The van der Waals surface area contributed by atoms with Crippen molar-refractivity contribution in [1.29, 1.82) is 0 Å². The van der Waals surface area contributed by atoms with E-state index in [0.29, 0.717) is 11.5 Å². The van der Waals surface area contributed by atoms with Crippen LogP contribution < -0.4 is 10.9 Å². The molecule has 6 nitrogen and oxygen atoms in total. The quantitative estimate of drug-likeness (QED) is 0.453. The molecule has 0 saturated heterocycles. The minimum atomic E-state index is -0.181. The molecule has 0 aliphatic rings. The third kappa shape index (κ3) is 3.56. The molecule has 0 atom stereocenters. The SMILES string of the molecule is CCc1cccc(NC(=O)Cn2c3ccccc3n3c(=O)cc(-c4ccccc4)nc23)c1. The van der Waals surface area contributed by atoms with Crippen LogP contribution in [0.3, 0.4) is 0 Å². The first-order valence-corrected chi connectivity index (χ1v) is 10.6. The minimum absolute atomic E-state index is 0.0397. The molecular weight excluding hydrogens is 400 g/mol. The second-order valence-electron chi connectivity index (χ2n) is 7.66. The number of aromatic nitrogens is 3. The number of carbonyl (C=O) groups is 1. The number of imidazole rings is 1. The van der Waals surface area contributed by atoms with E-state index >= 15 is 0 Å². The van der Waals surface area contributed by atoms with Crippen LogP contribution in [-0.2, 0) is 17.8 Å². The standard InChI is InChI=1S/C26H22N4O2/c1-2-18-9-8-12-20(15-18)27-24(31)17-29-22-13-6-7-14-23(22)30-25(32)16-21(28-26(29)30)19-10-4-3-5-11-19/h3-16H,2,17H2,1H3,(H,27,31). The Morgan fingerprint density at radius 3 is 2.44 bits per heavy atom. The van der Waals surface area contributed by atoms with Gasteiger partial charge in [0.2, 0.25) is 11.7 Å². The number of nitrogens with zero attached hydrogens (tertiary/aromatic N) is 3. The molecule has 5 aromatic rings. The van der Waals surface area contributed by atoms with Crippen molar-refractivity contribution < 1.29 is 4.79 Å². The molecule has 0 fully saturated rings. The van der Waals surface area contributed by atoms with Gasteiger partial charge in [-0.25, -0.2) is 9.38 Å². The Morgan fingerprint density at radius 1 is 0.906 bits per heavy atom. The number of benzene rings is 3. The summed E-state index contributed by atoms with van der Waals surface area (Å²) >= 11 is 0. The van der Waals surface area contributed by atoms with E-state index in [1.807, 2.05) is 78.9 Å². The summed E-state index contributed by atoms with van der Waals surface area (Å²) < 4.78 is 3.36. The van der Waals surface area contributed by atoms with E-state index in [9.17, 15) is 9.59 Å². The maximum absolute atomic E-state index is 13.1. The number of amides is 1. The molecule has 1 N–H and O–H groups in total. The van der Waals surface area contributed by atoms with Crippen molar-refractivity contribution >= 4 is 28.4 Å². The third-order valence-corrected chi connectivity index (χ3v) is 5.55. The number of hydrogen-bond acceptors (Lipinski definition) is 3. The normalized spacial score (nSPS) is 11.2. The molecule has 3 aromatic carbocycles. The van der Waals surface area contributed by atoms with E-state index in [2.05, 4.69) is 12.2 Å². The highest BCUT2D eigenvalue weighted by atomic mass is 16.2. The zero-order valence-electron chi connectivity index (χ0n) is 17.7. The molecule has 0 aliphatic heterocycles. The van der Waals surface area contributed by atoms with Crippen molar-refractivity contribution in [3.8, 4) is 11.3 Å². The number of carbonyl (C=O) groups excluding carboxylic acids is 1. The molecule has 32 heavy (non-hydrogen) atoms. The molecule has 0 aliphatic carbocycles. The predicted molar refractivity (Wildman–Crippen MR) is 127 cm³/mol. The predicted octanol–water partition coefficient (Wildman–Crippen LogP) is 4.52. The average molecular weight is 422 g/mol. The molecule has 2 aromatic heterocycles. The van der Waals surface area contributed by atoms with Gasteiger partial charge in [-0.2, -0.15) is 0 Å². The first-order valence-electron chi connectivity index (χ1n) is 10.6. The molecule has 6 heteroatoms. The number of para-hydroxylation sites is 2. The smallest absolute Gasteiger partial charge is 0.260 e. The Bertz CT molecular complexity index is 1500. The van der Waals surface area contributed by atoms with E-state index in [-0.39, 0.29) is 18.0 Å². The summed E-state index contributed by atoms with van der Waals surface area (Å²) in [7, 11) is 0. The highest BCUT2D eigenvalue weighted by molar-refractivity contribution is 5.92. The number of anilines is 1. The lowest BCUT2D eigenvalue weighted by Gasteiger charge is -2.09. The number of aryl methyl sites for hydroxylation is 1. The Labute approximate surface area is 184 Å². The van der Waals surface area contributed by atoms with Gasteiger partial charge in [0.05, 0.1) is 16.7 Å². The topological polar surface area (TPSA) is 68.4 Å². The van der Waals surface area contributed by atoms with Crippen molar-refractivity contribution in [3.63, 3.8) is 0 Å². The lowest BCUT2D eigenvalue weighted by atomic mass is 10.1. The van der Waals surface area contributed by atoms with Crippen molar-refractivity contribution in [3.05, 3.63) is 101 Å². The van der Waals surface area contributed by atoms with E-state index in [4.69, 9.17) is 4.98 Å². The van der Waals surface area contributed by atoms with Gasteiger partial charge in [0, 0.05) is 17.3 Å². The third-order valence-electron chi connectivity index (χ3n) is 5.55. The fourth-order valence-corrected chi connectivity index (χ4v) is 3.99. The first kappa shape index (κ1) is 19.8. The van der Waals surface area contributed by atoms with Crippen molar-refractivity contribution in [2.24, 2.45) is 0 Å². The number of hydrogen-bond donors (Lipinski definition) is 1. The number of rotatable bonds is 5. The van der Waals surface area contributed by atoms with Crippen LogP contribution in [0.15, 0.2) is 89.7 Å². The Morgan fingerprint density at radius 2 is 1.66 bits per heavy atom. The van der Waals surface area contributed by atoms with Crippen LogP contribution in [0.25, 0.3) is 28.1 Å².